The maximum atomic E-state index is 12.2. The summed E-state index contributed by atoms with van der Waals surface area (Å²) in [7, 11) is 3.07. The van der Waals surface area contributed by atoms with E-state index in [1.54, 1.807) is 25.3 Å². The van der Waals surface area contributed by atoms with E-state index >= 15 is 0 Å². The summed E-state index contributed by atoms with van der Waals surface area (Å²) in [6.45, 7) is 1.96. The van der Waals surface area contributed by atoms with Gasteiger partial charge in [0.25, 0.3) is 0 Å². The van der Waals surface area contributed by atoms with Crippen LogP contribution in [-0.2, 0) is 4.79 Å². The Labute approximate surface area is 151 Å². The number of nitrogens with one attached hydrogen (secondary N) is 1. The van der Waals surface area contributed by atoms with E-state index < -0.39 is 0 Å². The van der Waals surface area contributed by atoms with Crippen LogP contribution in [0.5, 0.6) is 11.5 Å². The second-order valence-electron chi connectivity index (χ2n) is 5.40. The molecule has 1 N–H and O–H groups in total. The van der Waals surface area contributed by atoms with Crippen molar-refractivity contribution in [3.8, 4) is 11.5 Å². The molecule has 0 aliphatic carbocycles. The molecule has 2 aromatic rings. The van der Waals surface area contributed by atoms with Gasteiger partial charge in [0.2, 0.25) is 5.91 Å². The zero-order valence-electron chi connectivity index (χ0n) is 14.5. The fourth-order valence-electron chi connectivity index (χ4n) is 2.25. The standard InChI is InChI=1S/C19H21NO4S/c1-13-5-4-6-15(9-13)20-19(22)12-25-11-16(21)14-7-8-17(23-2)18(10-14)24-3/h4-10H,11-12H2,1-3H3,(H,20,22). The van der Waals surface area contributed by atoms with Gasteiger partial charge in [-0.15, -0.1) is 11.8 Å². The molecule has 0 aromatic heterocycles. The highest BCUT2D eigenvalue weighted by atomic mass is 32.2. The molecule has 0 heterocycles. The second-order valence-corrected chi connectivity index (χ2v) is 6.39. The number of rotatable bonds is 8. The van der Waals surface area contributed by atoms with E-state index in [2.05, 4.69) is 5.32 Å². The van der Waals surface area contributed by atoms with Crippen molar-refractivity contribution in [2.75, 3.05) is 31.0 Å². The third kappa shape index (κ3) is 5.53. The third-order valence-corrected chi connectivity index (χ3v) is 4.41. The van der Waals surface area contributed by atoms with E-state index in [0.717, 1.165) is 11.3 Å². The molecule has 0 spiro atoms. The Bertz CT molecular complexity index is 761. The van der Waals surface area contributed by atoms with Gasteiger partial charge in [0.05, 0.1) is 25.7 Å². The van der Waals surface area contributed by atoms with Gasteiger partial charge in [-0.3, -0.25) is 9.59 Å². The molecule has 132 valence electrons. The van der Waals surface area contributed by atoms with Gasteiger partial charge in [-0.2, -0.15) is 0 Å². The van der Waals surface area contributed by atoms with Crippen molar-refractivity contribution in [1.82, 2.24) is 0 Å². The number of hydrogen-bond donors (Lipinski definition) is 1. The van der Waals surface area contributed by atoms with Gasteiger partial charge in [0.15, 0.2) is 17.3 Å². The fraction of sp³-hybridized carbons (Fsp3) is 0.263. The Morgan fingerprint density at radius 2 is 1.76 bits per heavy atom. The second kappa shape index (κ2) is 9.13. The molecule has 0 aliphatic heterocycles. The van der Waals surface area contributed by atoms with Crippen LogP contribution in [0.15, 0.2) is 42.5 Å². The number of amides is 1. The first-order valence-electron chi connectivity index (χ1n) is 7.73. The fourth-order valence-corrected chi connectivity index (χ4v) is 2.96. The predicted octanol–water partition coefficient (Wildman–Crippen LogP) is 3.57. The van der Waals surface area contributed by atoms with Crippen molar-refractivity contribution in [3.63, 3.8) is 0 Å². The summed E-state index contributed by atoms with van der Waals surface area (Å²) in [4.78, 5) is 24.2. The Morgan fingerprint density at radius 1 is 1.00 bits per heavy atom. The summed E-state index contributed by atoms with van der Waals surface area (Å²) in [5.74, 6) is 1.33. The Morgan fingerprint density at radius 3 is 2.44 bits per heavy atom. The summed E-state index contributed by atoms with van der Waals surface area (Å²) in [6, 6.07) is 12.6. The van der Waals surface area contributed by atoms with Crippen molar-refractivity contribution in [1.29, 1.82) is 0 Å². The summed E-state index contributed by atoms with van der Waals surface area (Å²) >= 11 is 1.28. The summed E-state index contributed by atoms with van der Waals surface area (Å²) in [5.41, 5.74) is 2.37. The van der Waals surface area contributed by atoms with Crippen LogP contribution in [0.4, 0.5) is 5.69 Å². The van der Waals surface area contributed by atoms with Crippen molar-refractivity contribution in [3.05, 3.63) is 53.6 Å². The van der Waals surface area contributed by atoms with E-state index in [9.17, 15) is 9.59 Å². The number of Topliss-reactive ketones (excluding diaryl/α,β-unsaturated/α-hetero) is 1. The van der Waals surface area contributed by atoms with Crippen LogP contribution in [0.2, 0.25) is 0 Å². The van der Waals surface area contributed by atoms with Crippen LogP contribution < -0.4 is 14.8 Å². The first-order chi connectivity index (χ1) is 12.0. The number of aryl methyl sites for hydroxylation is 1. The topological polar surface area (TPSA) is 64.6 Å². The van der Waals surface area contributed by atoms with E-state index in [1.165, 1.54) is 18.9 Å². The molecule has 2 rings (SSSR count). The van der Waals surface area contributed by atoms with Crippen molar-refractivity contribution in [2.24, 2.45) is 0 Å². The highest BCUT2D eigenvalue weighted by molar-refractivity contribution is 8.00. The molecule has 5 nitrogen and oxygen atoms in total. The van der Waals surface area contributed by atoms with Crippen molar-refractivity contribution >= 4 is 29.1 Å². The van der Waals surface area contributed by atoms with Crippen LogP contribution in [0, 0.1) is 6.92 Å². The van der Waals surface area contributed by atoms with Gasteiger partial charge < -0.3 is 14.8 Å². The number of hydrogen-bond acceptors (Lipinski definition) is 5. The van der Waals surface area contributed by atoms with E-state index in [1.807, 2.05) is 31.2 Å². The number of carbonyl (C=O) groups excluding carboxylic acids is 2. The van der Waals surface area contributed by atoms with Crippen molar-refractivity contribution in [2.45, 2.75) is 6.92 Å². The van der Waals surface area contributed by atoms with Crippen LogP contribution in [0.1, 0.15) is 15.9 Å². The lowest BCUT2D eigenvalue weighted by molar-refractivity contribution is -0.113. The molecule has 0 saturated carbocycles. The number of ketones is 1. The van der Waals surface area contributed by atoms with Crippen LogP contribution in [0.3, 0.4) is 0 Å². The van der Waals surface area contributed by atoms with Gasteiger partial charge in [-0.25, -0.2) is 0 Å². The lowest BCUT2D eigenvalue weighted by atomic mass is 10.1. The van der Waals surface area contributed by atoms with Crippen LogP contribution in [0.25, 0.3) is 0 Å². The molecule has 0 bridgehead atoms. The average molecular weight is 359 g/mol. The number of thioether (sulfide) groups is 1. The normalized spacial score (nSPS) is 10.2. The molecular formula is C19H21NO4S. The number of carbonyl (C=O) groups is 2. The first kappa shape index (κ1) is 18.9. The molecular weight excluding hydrogens is 338 g/mol. The molecule has 25 heavy (non-hydrogen) atoms. The van der Waals surface area contributed by atoms with E-state index in [4.69, 9.17) is 9.47 Å². The quantitative estimate of drug-likeness (QED) is 0.730. The molecule has 0 fully saturated rings. The minimum atomic E-state index is -0.129. The van der Waals surface area contributed by atoms with E-state index in [-0.39, 0.29) is 23.2 Å². The van der Waals surface area contributed by atoms with Gasteiger partial charge in [-0.05, 0) is 42.8 Å². The zero-order chi connectivity index (χ0) is 18.2. The lowest BCUT2D eigenvalue weighted by Crippen LogP contribution is -2.15. The van der Waals surface area contributed by atoms with Crippen LogP contribution in [-0.4, -0.2) is 37.4 Å². The van der Waals surface area contributed by atoms with Gasteiger partial charge in [0, 0.05) is 11.3 Å². The lowest BCUT2D eigenvalue weighted by Gasteiger charge is -2.09. The van der Waals surface area contributed by atoms with E-state index in [0.29, 0.717) is 17.1 Å². The summed E-state index contributed by atoms with van der Waals surface area (Å²) in [6.07, 6.45) is 0. The first-order valence-corrected chi connectivity index (χ1v) is 8.88. The average Bonchev–Trinajstić information content (AvgIpc) is 2.61. The zero-order valence-corrected chi connectivity index (χ0v) is 15.3. The molecule has 1 amide bonds. The monoisotopic (exact) mass is 359 g/mol. The number of anilines is 1. The summed E-state index contributed by atoms with van der Waals surface area (Å²) < 4.78 is 10.4. The maximum Gasteiger partial charge on any atom is 0.234 e. The van der Waals surface area contributed by atoms with Gasteiger partial charge in [0.1, 0.15) is 0 Å². The number of methoxy groups -OCH3 is 2. The molecule has 2 aromatic carbocycles. The minimum absolute atomic E-state index is 0.0608. The molecule has 0 radical (unpaired) electrons. The number of ether oxygens (including phenoxy) is 2. The maximum absolute atomic E-state index is 12.2. The Hall–Kier alpha value is -2.47. The highest BCUT2D eigenvalue weighted by Gasteiger charge is 2.12. The molecule has 6 heteroatoms. The Balaban J connectivity index is 1.84. The SMILES string of the molecule is COc1ccc(C(=O)CSCC(=O)Nc2cccc(C)c2)cc1OC. The molecule has 0 saturated heterocycles. The van der Waals surface area contributed by atoms with Crippen LogP contribution >= 0.6 is 11.8 Å². The largest absolute Gasteiger partial charge is 0.493 e. The minimum Gasteiger partial charge on any atom is -0.493 e. The Kier molecular flexibility index (Phi) is 6.89. The predicted molar refractivity (Wildman–Crippen MR) is 101 cm³/mol. The summed E-state index contributed by atoms with van der Waals surface area (Å²) in [5, 5.41) is 2.82. The number of benzene rings is 2. The molecule has 0 unspecified atom stereocenters. The van der Waals surface area contributed by atoms with Gasteiger partial charge in [-0.1, -0.05) is 12.1 Å². The molecule has 0 atom stereocenters. The van der Waals surface area contributed by atoms with Crippen molar-refractivity contribution < 1.29 is 19.1 Å². The smallest absolute Gasteiger partial charge is 0.234 e. The third-order valence-electron chi connectivity index (χ3n) is 3.47. The molecule has 0 aliphatic rings. The highest BCUT2D eigenvalue weighted by Crippen LogP contribution is 2.28. The van der Waals surface area contributed by atoms with Gasteiger partial charge >= 0.3 is 0 Å².